The normalized spacial score (nSPS) is 21.5. The van der Waals surface area contributed by atoms with Crippen molar-refractivity contribution in [1.82, 2.24) is 0 Å². The predicted molar refractivity (Wildman–Crippen MR) is 44.8 cm³/mol. The lowest BCUT2D eigenvalue weighted by Crippen LogP contribution is -2.35. The average Bonchev–Trinajstić information content (AvgIpc) is 2.02. The monoisotopic (exact) mass is 178 g/mol. The van der Waals surface area contributed by atoms with E-state index in [9.17, 15) is 0 Å². The van der Waals surface area contributed by atoms with E-state index in [1.165, 1.54) is 0 Å². The smallest absolute Gasteiger partial charge is 0.103 e. The molecule has 0 aromatic rings. The fourth-order valence-electron chi connectivity index (χ4n) is 0.691. The predicted octanol–water partition coefficient (Wildman–Crippen LogP) is -0.486. The molecule has 0 aromatic heterocycles. The van der Waals surface area contributed by atoms with Gasteiger partial charge in [-0.05, 0) is 20.8 Å². The Hall–Kier alpha value is -0.160. The third-order valence-corrected chi connectivity index (χ3v) is 1.84. The van der Waals surface area contributed by atoms with E-state index < -0.39 is 18.3 Å². The van der Waals surface area contributed by atoms with Gasteiger partial charge in [0.05, 0.1) is 24.9 Å². The molecule has 0 saturated heterocycles. The zero-order chi connectivity index (χ0) is 9.72. The lowest BCUT2D eigenvalue weighted by molar-refractivity contribution is -0.107. The van der Waals surface area contributed by atoms with Gasteiger partial charge in [-0.15, -0.1) is 0 Å². The average molecular weight is 178 g/mol. The molecule has 0 spiro atoms. The van der Waals surface area contributed by atoms with E-state index in [4.69, 9.17) is 20.1 Å². The maximum atomic E-state index is 9.10. The Morgan fingerprint density at radius 2 is 1.58 bits per heavy atom. The molecule has 74 valence electrons. The number of hydrogen-bond acceptors (Lipinski definition) is 4. The molecule has 0 saturated carbocycles. The van der Waals surface area contributed by atoms with Crippen molar-refractivity contribution in [3.63, 3.8) is 0 Å². The van der Waals surface area contributed by atoms with Crippen LogP contribution < -0.4 is 0 Å². The summed E-state index contributed by atoms with van der Waals surface area (Å²) in [5.41, 5.74) is 0. The van der Waals surface area contributed by atoms with Gasteiger partial charge in [-0.2, -0.15) is 0 Å². The van der Waals surface area contributed by atoms with Crippen LogP contribution in [0.2, 0.25) is 0 Å². The van der Waals surface area contributed by atoms with Gasteiger partial charge in [0.15, 0.2) is 0 Å². The molecule has 1 unspecified atom stereocenters. The SMILES string of the molecule is CC(O[C@@H](C)[C@@H](O)CO)[C@@H](C)O. The molecular weight excluding hydrogens is 160 g/mol. The number of aliphatic hydroxyl groups excluding tert-OH is 3. The molecule has 12 heavy (non-hydrogen) atoms. The Kier molecular flexibility index (Phi) is 5.41. The number of hydrogen-bond donors (Lipinski definition) is 3. The van der Waals surface area contributed by atoms with Gasteiger partial charge in [0.1, 0.15) is 6.10 Å². The molecule has 0 heterocycles. The standard InChI is InChI=1S/C8H18O4/c1-5(10)6(2)12-7(3)8(11)4-9/h5-11H,4H2,1-3H3/t5-,6?,7+,8+/m1/s1. The second kappa shape index (κ2) is 5.48. The Balaban J connectivity index is 3.75. The van der Waals surface area contributed by atoms with Crippen molar-refractivity contribution in [2.75, 3.05) is 6.61 Å². The highest BCUT2D eigenvalue weighted by atomic mass is 16.5. The van der Waals surface area contributed by atoms with Gasteiger partial charge in [0.2, 0.25) is 0 Å². The van der Waals surface area contributed by atoms with Crippen LogP contribution in [-0.4, -0.2) is 46.3 Å². The quantitative estimate of drug-likeness (QED) is 0.531. The van der Waals surface area contributed by atoms with E-state index in [1.54, 1.807) is 20.8 Å². The molecule has 0 aliphatic carbocycles. The Morgan fingerprint density at radius 3 is 1.92 bits per heavy atom. The van der Waals surface area contributed by atoms with E-state index in [1.807, 2.05) is 0 Å². The summed E-state index contributed by atoms with van der Waals surface area (Å²) in [6, 6.07) is 0. The van der Waals surface area contributed by atoms with E-state index in [-0.39, 0.29) is 12.7 Å². The summed E-state index contributed by atoms with van der Waals surface area (Å²) in [6.07, 6.45) is -2.25. The summed E-state index contributed by atoms with van der Waals surface area (Å²) in [5, 5.41) is 26.7. The first kappa shape index (κ1) is 11.8. The van der Waals surface area contributed by atoms with Gasteiger partial charge in [0, 0.05) is 0 Å². The molecule has 4 atom stereocenters. The summed E-state index contributed by atoms with van der Waals surface area (Å²) in [7, 11) is 0. The van der Waals surface area contributed by atoms with Gasteiger partial charge in [-0.1, -0.05) is 0 Å². The Bertz CT molecular complexity index is 116. The molecule has 0 amide bonds. The highest BCUT2D eigenvalue weighted by Crippen LogP contribution is 2.05. The first-order valence-electron chi connectivity index (χ1n) is 4.11. The van der Waals surface area contributed by atoms with E-state index in [2.05, 4.69) is 0 Å². The van der Waals surface area contributed by atoms with Crippen molar-refractivity contribution in [3.05, 3.63) is 0 Å². The number of rotatable bonds is 5. The molecule has 3 N–H and O–H groups in total. The van der Waals surface area contributed by atoms with Gasteiger partial charge in [-0.25, -0.2) is 0 Å². The molecule has 0 rings (SSSR count). The Morgan fingerprint density at radius 1 is 1.08 bits per heavy atom. The van der Waals surface area contributed by atoms with Crippen molar-refractivity contribution in [3.8, 4) is 0 Å². The summed E-state index contributed by atoms with van der Waals surface area (Å²) < 4.78 is 5.20. The van der Waals surface area contributed by atoms with Crippen LogP contribution in [0.3, 0.4) is 0 Å². The van der Waals surface area contributed by atoms with Crippen LogP contribution in [0.1, 0.15) is 20.8 Å². The summed E-state index contributed by atoms with van der Waals surface area (Å²) in [6.45, 7) is 4.65. The zero-order valence-corrected chi connectivity index (χ0v) is 7.77. The van der Waals surface area contributed by atoms with Gasteiger partial charge in [-0.3, -0.25) is 0 Å². The molecule has 4 nitrogen and oxygen atoms in total. The minimum Gasteiger partial charge on any atom is -0.394 e. The molecule has 0 radical (unpaired) electrons. The molecular formula is C8H18O4. The van der Waals surface area contributed by atoms with Crippen LogP contribution >= 0.6 is 0 Å². The van der Waals surface area contributed by atoms with Crippen LogP contribution in [0.5, 0.6) is 0 Å². The third kappa shape index (κ3) is 4.01. The molecule has 0 aliphatic rings. The first-order chi connectivity index (χ1) is 5.49. The van der Waals surface area contributed by atoms with Crippen molar-refractivity contribution >= 4 is 0 Å². The van der Waals surface area contributed by atoms with E-state index in [0.29, 0.717) is 0 Å². The highest BCUT2D eigenvalue weighted by molar-refractivity contribution is 4.66. The lowest BCUT2D eigenvalue weighted by Gasteiger charge is -2.23. The van der Waals surface area contributed by atoms with Crippen molar-refractivity contribution in [1.29, 1.82) is 0 Å². The van der Waals surface area contributed by atoms with E-state index in [0.717, 1.165) is 0 Å². The maximum Gasteiger partial charge on any atom is 0.103 e. The molecule has 0 aliphatic heterocycles. The maximum absolute atomic E-state index is 9.10. The topological polar surface area (TPSA) is 69.9 Å². The largest absolute Gasteiger partial charge is 0.394 e. The van der Waals surface area contributed by atoms with E-state index >= 15 is 0 Å². The van der Waals surface area contributed by atoms with Crippen LogP contribution in [0.25, 0.3) is 0 Å². The van der Waals surface area contributed by atoms with Crippen molar-refractivity contribution in [2.45, 2.75) is 45.2 Å². The summed E-state index contributed by atoms with van der Waals surface area (Å²) in [5.74, 6) is 0. The van der Waals surface area contributed by atoms with Crippen molar-refractivity contribution in [2.24, 2.45) is 0 Å². The zero-order valence-electron chi connectivity index (χ0n) is 7.77. The second-order valence-corrected chi connectivity index (χ2v) is 3.04. The van der Waals surface area contributed by atoms with Crippen LogP contribution in [0.4, 0.5) is 0 Å². The third-order valence-electron chi connectivity index (χ3n) is 1.84. The summed E-state index contributed by atoms with van der Waals surface area (Å²) in [4.78, 5) is 0. The lowest BCUT2D eigenvalue weighted by atomic mass is 10.2. The number of ether oxygens (including phenoxy) is 1. The summed E-state index contributed by atoms with van der Waals surface area (Å²) >= 11 is 0. The molecule has 4 heteroatoms. The second-order valence-electron chi connectivity index (χ2n) is 3.04. The fraction of sp³-hybridized carbons (Fsp3) is 1.00. The van der Waals surface area contributed by atoms with Crippen molar-refractivity contribution < 1.29 is 20.1 Å². The highest BCUT2D eigenvalue weighted by Gasteiger charge is 2.18. The van der Waals surface area contributed by atoms with Crippen LogP contribution in [0, 0.1) is 0 Å². The first-order valence-corrected chi connectivity index (χ1v) is 4.11. The van der Waals surface area contributed by atoms with Crippen LogP contribution in [0.15, 0.2) is 0 Å². The minimum atomic E-state index is -0.883. The molecule has 0 fully saturated rings. The van der Waals surface area contributed by atoms with Crippen LogP contribution in [-0.2, 0) is 4.74 Å². The Labute approximate surface area is 72.8 Å². The number of aliphatic hydroxyl groups is 3. The minimum absolute atomic E-state index is 0.326. The van der Waals surface area contributed by atoms with Gasteiger partial charge in [0.25, 0.3) is 0 Å². The molecule has 0 aromatic carbocycles. The van der Waals surface area contributed by atoms with Gasteiger partial charge >= 0.3 is 0 Å². The van der Waals surface area contributed by atoms with Gasteiger partial charge < -0.3 is 20.1 Å². The fourth-order valence-corrected chi connectivity index (χ4v) is 0.691. The molecule has 0 bridgehead atoms.